The molecule has 0 bridgehead atoms. The molecule has 0 aliphatic carbocycles. The number of rotatable bonds is 10. The quantitative estimate of drug-likeness (QED) is 0.162. The van der Waals surface area contributed by atoms with E-state index in [0.29, 0.717) is 33.9 Å². The van der Waals surface area contributed by atoms with Crippen LogP contribution in [0, 0.1) is 0 Å². The summed E-state index contributed by atoms with van der Waals surface area (Å²) in [6, 6.07) is 21.8. The summed E-state index contributed by atoms with van der Waals surface area (Å²) in [5.41, 5.74) is 9.64. The van der Waals surface area contributed by atoms with Crippen molar-refractivity contribution >= 4 is 57.6 Å². The van der Waals surface area contributed by atoms with E-state index >= 15 is 0 Å². The molecule has 0 radical (unpaired) electrons. The Hall–Kier alpha value is -3.65. The second-order valence-electron chi connectivity index (χ2n) is 10.7. The van der Waals surface area contributed by atoms with Gasteiger partial charge in [-0.1, -0.05) is 29.3 Å². The van der Waals surface area contributed by atoms with E-state index in [9.17, 15) is 0 Å². The lowest BCUT2D eigenvalue weighted by Crippen LogP contribution is -2.46. The molecular weight excluding hydrogens is 635 g/mol. The van der Waals surface area contributed by atoms with Crippen molar-refractivity contribution in [1.82, 2.24) is 25.6 Å². The number of anilines is 3. The zero-order valence-electron chi connectivity index (χ0n) is 24.7. The van der Waals surface area contributed by atoms with E-state index in [1.807, 2.05) is 30.3 Å². The summed E-state index contributed by atoms with van der Waals surface area (Å²) >= 11 is 17.9. The largest absolute Gasteiger partial charge is 0.491 e. The van der Waals surface area contributed by atoms with Crippen molar-refractivity contribution in [2.75, 3.05) is 61.6 Å². The van der Waals surface area contributed by atoms with Crippen LogP contribution in [0.3, 0.4) is 0 Å². The SMILES string of the molecule is CNNC(=S)Nc1ccc(N2CCN(c3ccc(OCC4COC(Cn5cncn5)(c5ccc(Cl)cc5Cl)O4)cc3)CC2)cc1. The number of piperazine rings is 1. The van der Waals surface area contributed by atoms with Crippen molar-refractivity contribution in [2.45, 2.75) is 18.4 Å². The first-order chi connectivity index (χ1) is 21.9. The molecule has 1 aromatic heterocycles. The number of nitrogens with zero attached hydrogens (tertiary/aromatic N) is 5. The number of hydrogen-bond acceptors (Lipinski definition) is 9. The Labute approximate surface area is 277 Å². The summed E-state index contributed by atoms with van der Waals surface area (Å²) in [5.74, 6) is -0.386. The smallest absolute Gasteiger partial charge is 0.217 e. The number of hydrogen-bond donors (Lipinski definition) is 3. The third kappa shape index (κ3) is 7.60. The van der Waals surface area contributed by atoms with Crippen molar-refractivity contribution in [2.24, 2.45) is 0 Å². The van der Waals surface area contributed by atoms with Crippen molar-refractivity contribution < 1.29 is 14.2 Å². The average molecular weight is 670 g/mol. The van der Waals surface area contributed by atoms with E-state index in [2.05, 4.69) is 60.3 Å². The molecule has 0 spiro atoms. The molecule has 3 N–H and O–H groups in total. The number of benzene rings is 3. The van der Waals surface area contributed by atoms with Crippen molar-refractivity contribution in [3.8, 4) is 5.75 Å². The summed E-state index contributed by atoms with van der Waals surface area (Å²) < 4.78 is 20.5. The van der Waals surface area contributed by atoms with Gasteiger partial charge in [0.2, 0.25) is 5.79 Å². The lowest BCUT2D eigenvalue weighted by molar-refractivity contribution is -0.190. The Kier molecular flexibility index (Phi) is 9.88. The van der Waals surface area contributed by atoms with Crippen molar-refractivity contribution in [1.29, 1.82) is 0 Å². The van der Waals surface area contributed by atoms with Gasteiger partial charge >= 0.3 is 0 Å². The van der Waals surface area contributed by atoms with Crippen LogP contribution in [-0.4, -0.2) is 72.4 Å². The van der Waals surface area contributed by atoms with E-state index in [-0.39, 0.29) is 12.6 Å². The summed E-state index contributed by atoms with van der Waals surface area (Å²) in [4.78, 5) is 8.83. The monoisotopic (exact) mass is 668 g/mol. The van der Waals surface area contributed by atoms with Gasteiger partial charge < -0.3 is 29.3 Å². The molecule has 2 fully saturated rings. The predicted molar refractivity (Wildman–Crippen MR) is 180 cm³/mol. The summed E-state index contributed by atoms with van der Waals surface area (Å²) in [7, 11) is 1.77. The number of aromatic nitrogens is 3. The number of ether oxygens (including phenoxy) is 3. The lowest BCUT2D eigenvalue weighted by atomic mass is 10.1. The molecule has 2 aliphatic heterocycles. The minimum atomic E-state index is -1.15. The maximum absolute atomic E-state index is 6.57. The van der Waals surface area contributed by atoms with E-state index in [1.54, 1.807) is 30.2 Å². The van der Waals surface area contributed by atoms with Crippen LogP contribution < -0.4 is 30.7 Å². The Bertz CT molecular complexity index is 1570. The first-order valence-corrected chi connectivity index (χ1v) is 15.7. The highest BCUT2D eigenvalue weighted by Gasteiger charge is 2.45. The van der Waals surface area contributed by atoms with Gasteiger partial charge in [-0.3, -0.25) is 5.43 Å². The Balaban J connectivity index is 1.01. The van der Waals surface area contributed by atoms with Crippen LogP contribution in [0.4, 0.5) is 17.1 Å². The third-order valence-electron chi connectivity index (χ3n) is 7.68. The molecule has 3 heterocycles. The Morgan fingerprint density at radius 1 is 1.00 bits per heavy atom. The molecule has 11 nitrogen and oxygen atoms in total. The van der Waals surface area contributed by atoms with Gasteiger partial charge in [-0.15, -0.1) is 0 Å². The van der Waals surface area contributed by atoms with Gasteiger partial charge in [-0.25, -0.2) is 15.1 Å². The third-order valence-corrected chi connectivity index (χ3v) is 8.44. The first kappa shape index (κ1) is 31.3. The Morgan fingerprint density at radius 2 is 1.69 bits per heavy atom. The summed E-state index contributed by atoms with van der Waals surface area (Å²) in [6.45, 7) is 4.62. The number of halogens is 2. The van der Waals surface area contributed by atoms with Crippen LogP contribution in [-0.2, 0) is 21.8 Å². The van der Waals surface area contributed by atoms with Crippen LogP contribution >= 0.6 is 35.4 Å². The molecular formula is C31H34Cl2N8O3S. The van der Waals surface area contributed by atoms with Crippen LogP contribution in [0.25, 0.3) is 0 Å². The van der Waals surface area contributed by atoms with Crippen LogP contribution in [0.5, 0.6) is 5.75 Å². The second kappa shape index (κ2) is 14.2. The van der Waals surface area contributed by atoms with E-state index in [0.717, 1.165) is 43.3 Å². The molecule has 45 heavy (non-hydrogen) atoms. The standard InChI is InChI=1S/C31H34Cl2N8O3S/c1-34-38-30(45)37-23-3-5-24(6-4-23)39-12-14-40(15-13-39)25-7-9-26(10-8-25)42-17-27-18-43-31(44-27,19-41-21-35-20-36-41)28-11-2-22(32)16-29(28)33/h2-11,16,20-21,27,34H,12-15,17-19H2,1H3,(H2,37,38,45). The minimum absolute atomic E-state index is 0.276. The average Bonchev–Trinajstić information content (AvgIpc) is 3.71. The van der Waals surface area contributed by atoms with Crippen LogP contribution in [0.1, 0.15) is 5.56 Å². The van der Waals surface area contributed by atoms with Crippen LogP contribution in [0.2, 0.25) is 10.0 Å². The first-order valence-electron chi connectivity index (χ1n) is 14.6. The zero-order valence-corrected chi connectivity index (χ0v) is 27.0. The van der Waals surface area contributed by atoms with Gasteiger partial charge in [0.15, 0.2) is 5.11 Å². The zero-order chi connectivity index (χ0) is 31.2. The minimum Gasteiger partial charge on any atom is -0.491 e. The van der Waals surface area contributed by atoms with E-state index < -0.39 is 5.79 Å². The maximum atomic E-state index is 6.57. The maximum Gasteiger partial charge on any atom is 0.217 e. The lowest BCUT2D eigenvalue weighted by Gasteiger charge is -2.37. The highest BCUT2D eigenvalue weighted by molar-refractivity contribution is 7.80. The highest BCUT2D eigenvalue weighted by atomic mass is 35.5. The molecule has 2 aliphatic rings. The molecule has 236 valence electrons. The van der Waals surface area contributed by atoms with Gasteiger partial charge in [-0.2, -0.15) is 5.10 Å². The number of thiocarbonyl (C=S) groups is 1. The van der Waals surface area contributed by atoms with Gasteiger partial charge in [0.05, 0.1) is 11.6 Å². The summed E-state index contributed by atoms with van der Waals surface area (Å²) in [6.07, 6.45) is 2.76. The fraction of sp³-hybridized carbons (Fsp3) is 0.323. The highest BCUT2D eigenvalue weighted by Crippen LogP contribution is 2.40. The fourth-order valence-corrected chi connectivity index (χ4v) is 6.25. The van der Waals surface area contributed by atoms with Crippen LogP contribution in [0.15, 0.2) is 79.4 Å². The second-order valence-corrected chi connectivity index (χ2v) is 11.9. The van der Waals surface area contributed by atoms with Gasteiger partial charge in [0.25, 0.3) is 0 Å². The molecule has 2 atom stereocenters. The van der Waals surface area contributed by atoms with E-state index in [4.69, 9.17) is 49.6 Å². The van der Waals surface area contributed by atoms with Gasteiger partial charge in [0, 0.05) is 60.9 Å². The van der Waals surface area contributed by atoms with Crippen molar-refractivity contribution in [3.63, 3.8) is 0 Å². The predicted octanol–water partition coefficient (Wildman–Crippen LogP) is 4.68. The van der Waals surface area contributed by atoms with Gasteiger partial charge in [-0.05, 0) is 72.9 Å². The molecule has 0 saturated carbocycles. The molecule has 3 aromatic carbocycles. The van der Waals surface area contributed by atoms with Crippen molar-refractivity contribution in [3.05, 3.63) is 95.0 Å². The molecule has 2 saturated heterocycles. The molecule has 14 heteroatoms. The molecule has 4 aromatic rings. The normalized spacial score (nSPS) is 19.8. The van der Waals surface area contributed by atoms with Gasteiger partial charge in [0.1, 0.15) is 37.7 Å². The number of nitrogens with one attached hydrogen (secondary N) is 3. The molecule has 6 rings (SSSR count). The summed E-state index contributed by atoms with van der Waals surface area (Å²) in [5, 5.41) is 8.89. The number of hydrazine groups is 1. The van der Waals surface area contributed by atoms with E-state index in [1.165, 1.54) is 12.0 Å². The topological polar surface area (TPSA) is 101 Å². The molecule has 2 unspecified atom stereocenters. The fourth-order valence-electron chi connectivity index (χ4n) is 5.48. The Morgan fingerprint density at radius 3 is 2.31 bits per heavy atom. The molecule has 0 amide bonds.